The number of pyridine rings is 2. The van der Waals surface area contributed by atoms with E-state index in [9.17, 15) is 0 Å². The Balaban J connectivity index is 2.67. The Kier molecular flexibility index (Phi) is 1.72. The Bertz CT molecular complexity index is 398. The largest absolute Gasteiger partial charge is 0.326 e. The van der Waals surface area contributed by atoms with Crippen molar-refractivity contribution in [3.63, 3.8) is 0 Å². The Labute approximate surface area is 70.3 Å². The fourth-order valence-electron chi connectivity index (χ4n) is 1.13. The van der Waals surface area contributed by atoms with E-state index in [4.69, 9.17) is 5.73 Å². The lowest BCUT2D eigenvalue weighted by molar-refractivity contribution is 1.06. The molecule has 0 saturated heterocycles. The first-order valence-corrected chi connectivity index (χ1v) is 3.79. The summed E-state index contributed by atoms with van der Waals surface area (Å²) in [7, 11) is 0. The molecular formula is C9H9N3. The fourth-order valence-corrected chi connectivity index (χ4v) is 1.13. The molecule has 2 heterocycles. The molecule has 0 unspecified atom stereocenters. The quantitative estimate of drug-likeness (QED) is 0.677. The molecule has 2 rings (SSSR count). The normalized spacial score (nSPS) is 10.4. The van der Waals surface area contributed by atoms with Crippen LogP contribution in [0, 0.1) is 0 Å². The van der Waals surface area contributed by atoms with Crippen molar-refractivity contribution in [2.45, 2.75) is 6.54 Å². The van der Waals surface area contributed by atoms with E-state index < -0.39 is 0 Å². The Morgan fingerprint density at radius 3 is 3.08 bits per heavy atom. The summed E-state index contributed by atoms with van der Waals surface area (Å²) in [5.74, 6) is 0. The summed E-state index contributed by atoms with van der Waals surface area (Å²) in [5, 5.41) is 1.04. The van der Waals surface area contributed by atoms with Gasteiger partial charge < -0.3 is 5.73 Å². The maximum atomic E-state index is 5.48. The van der Waals surface area contributed by atoms with Crippen LogP contribution in [0.1, 0.15) is 5.56 Å². The third kappa shape index (κ3) is 1.14. The third-order valence-electron chi connectivity index (χ3n) is 1.77. The van der Waals surface area contributed by atoms with E-state index in [2.05, 4.69) is 9.97 Å². The molecule has 0 aliphatic rings. The molecular weight excluding hydrogens is 150 g/mol. The highest BCUT2D eigenvalue weighted by atomic mass is 14.7. The molecule has 2 N–H and O–H groups in total. The summed E-state index contributed by atoms with van der Waals surface area (Å²) in [6.07, 6.45) is 5.32. The molecule has 12 heavy (non-hydrogen) atoms. The molecule has 0 fully saturated rings. The van der Waals surface area contributed by atoms with Crippen LogP contribution >= 0.6 is 0 Å². The number of rotatable bonds is 1. The van der Waals surface area contributed by atoms with Gasteiger partial charge in [0.15, 0.2) is 0 Å². The van der Waals surface area contributed by atoms with Crippen molar-refractivity contribution < 1.29 is 0 Å². The molecule has 0 saturated carbocycles. The van der Waals surface area contributed by atoms with Gasteiger partial charge in [-0.3, -0.25) is 9.97 Å². The number of aromatic nitrogens is 2. The molecule has 2 aromatic heterocycles. The second-order valence-corrected chi connectivity index (χ2v) is 2.62. The number of hydrogen-bond donors (Lipinski definition) is 1. The van der Waals surface area contributed by atoms with Crippen molar-refractivity contribution >= 4 is 10.9 Å². The van der Waals surface area contributed by atoms with Crippen LogP contribution < -0.4 is 5.73 Å². The molecule has 0 radical (unpaired) electrons. The fraction of sp³-hybridized carbons (Fsp3) is 0.111. The van der Waals surface area contributed by atoms with E-state index in [1.807, 2.05) is 12.1 Å². The van der Waals surface area contributed by atoms with Gasteiger partial charge in [0.2, 0.25) is 0 Å². The molecule has 0 spiro atoms. The first-order chi connectivity index (χ1) is 5.90. The summed E-state index contributed by atoms with van der Waals surface area (Å²) >= 11 is 0. The highest BCUT2D eigenvalue weighted by Crippen LogP contribution is 2.10. The zero-order chi connectivity index (χ0) is 8.39. The lowest BCUT2D eigenvalue weighted by Crippen LogP contribution is -1.96. The average Bonchev–Trinajstić information content (AvgIpc) is 2.17. The van der Waals surface area contributed by atoms with E-state index in [-0.39, 0.29) is 0 Å². The van der Waals surface area contributed by atoms with Crippen molar-refractivity contribution in [3.05, 3.63) is 36.3 Å². The summed E-state index contributed by atoms with van der Waals surface area (Å²) < 4.78 is 0. The van der Waals surface area contributed by atoms with E-state index >= 15 is 0 Å². The minimum Gasteiger partial charge on any atom is -0.326 e. The van der Waals surface area contributed by atoms with Crippen molar-refractivity contribution in [2.24, 2.45) is 5.73 Å². The van der Waals surface area contributed by atoms with Crippen LogP contribution in [0.25, 0.3) is 10.9 Å². The Morgan fingerprint density at radius 2 is 2.25 bits per heavy atom. The molecule has 0 atom stereocenters. The van der Waals surface area contributed by atoms with Crippen molar-refractivity contribution in [3.8, 4) is 0 Å². The number of hydrogen-bond acceptors (Lipinski definition) is 3. The van der Waals surface area contributed by atoms with Gasteiger partial charge in [0.25, 0.3) is 0 Å². The van der Waals surface area contributed by atoms with Crippen molar-refractivity contribution in [2.75, 3.05) is 0 Å². The van der Waals surface area contributed by atoms with Gasteiger partial charge >= 0.3 is 0 Å². The molecule has 0 bridgehead atoms. The van der Waals surface area contributed by atoms with Crippen molar-refractivity contribution in [1.82, 2.24) is 9.97 Å². The number of nitrogens with zero attached hydrogens (tertiary/aromatic N) is 2. The Hall–Kier alpha value is -1.48. The molecule has 0 aliphatic heterocycles. The maximum Gasteiger partial charge on any atom is 0.0732 e. The SMILES string of the molecule is NCc1cnc2ccncc2c1. The van der Waals surface area contributed by atoms with Gasteiger partial charge in [0.05, 0.1) is 5.52 Å². The van der Waals surface area contributed by atoms with Gasteiger partial charge in [-0.2, -0.15) is 0 Å². The minimum absolute atomic E-state index is 0.526. The molecule has 3 nitrogen and oxygen atoms in total. The standard InChI is InChI=1S/C9H9N3/c10-4-7-3-8-6-11-2-1-9(8)12-5-7/h1-3,5-6H,4,10H2. The lowest BCUT2D eigenvalue weighted by Gasteiger charge is -1.98. The van der Waals surface area contributed by atoms with Crippen LogP contribution in [0.15, 0.2) is 30.7 Å². The second-order valence-electron chi connectivity index (χ2n) is 2.62. The monoisotopic (exact) mass is 159 g/mol. The van der Waals surface area contributed by atoms with E-state index in [0.29, 0.717) is 6.54 Å². The van der Waals surface area contributed by atoms with E-state index in [0.717, 1.165) is 16.5 Å². The summed E-state index contributed by atoms with van der Waals surface area (Å²) in [4.78, 5) is 8.24. The molecule has 0 aromatic carbocycles. The van der Waals surface area contributed by atoms with Crippen LogP contribution in [0.5, 0.6) is 0 Å². The van der Waals surface area contributed by atoms with Crippen LogP contribution in [-0.2, 0) is 6.54 Å². The van der Waals surface area contributed by atoms with Crippen LogP contribution in [0.2, 0.25) is 0 Å². The maximum absolute atomic E-state index is 5.48. The molecule has 2 aromatic rings. The van der Waals surface area contributed by atoms with Gasteiger partial charge in [-0.05, 0) is 17.7 Å². The first kappa shape index (κ1) is 7.18. The zero-order valence-electron chi connectivity index (χ0n) is 6.57. The third-order valence-corrected chi connectivity index (χ3v) is 1.77. The number of fused-ring (bicyclic) bond motifs is 1. The predicted molar refractivity (Wildman–Crippen MR) is 47.4 cm³/mol. The first-order valence-electron chi connectivity index (χ1n) is 3.79. The van der Waals surface area contributed by atoms with Crippen LogP contribution in [0.4, 0.5) is 0 Å². The van der Waals surface area contributed by atoms with Gasteiger partial charge in [-0.1, -0.05) is 0 Å². The smallest absolute Gasteiger partial charge is 0.0732 e. The minimum atomic E-state index is 0.526. The van der Waals surface area contributed by atoms with Crippen LogP contribution in [0.3, 0.4) is 0 Å². The van der Waals surface area contributed by atoms with Crippen LogP contribution in [-0.4, -0.2) is 9.97 Å². The summed E-state index contributed by atoms with van der Waals surface area (Å²) in [5.41, 5.74) is 7.48. The highest BCUT2D eigenvalue weighted by molar-refractivity contribution is 5.77. The van der Waals surface area contributed by atoms with E-state index in [1.165, 1.54) is 0 Å². The second kappa shape index (κ2) is 2.87. The molecule has 0 amide bonds. The summed E-state index contributed by atoms with van der Waals surface area (Å²) in [6.45, 7) is 0.526. The zero-order valence-corrected chi connectivity index (χ0v) is 6.57. The van der Waals surface area contributed by atoms with E-state index in [1.54, 1.807) is 18.6 Å². The molecule has 3 heteroatoms. The average molecular weight is 159 g/mol. The highest BCUT2D eigenvalue weighted by Gasteiger charge is 1.94. The molecule has 0 aliphatic carbocycles. The van der Waals surface area contributed by atoms with Gasteiger partial charge in [0.1, 0.15) is 0 Å². The Morgan fingerprint density at radius 1 is 1.33 bits per heavy atom. The van der Waals surface area contributed by atoms with Crippen molar-refractivity contribution in [1.29, 1.82) is 0 Å². The summed E-state index contributed by atoms with van der Waals surface area (Å²) in [6, 6.07) is 3.89. The van der Waals surface area contributed by atoms with Gasteiger partial charge in [0, 0.05) is 30.5 Å². The van der Waals surface area contributed by atoms with Gasteiger partial charge in [-0.25, -0.2) is 0 Å². The number of nitrogens with two attached hydrogens (primary N) is 1. The topological polar surface area (TPSA) is 51.8 Å². The predicted octanol–water partition coefficient (Wildman–Crippen LogP) is 1.09. The lowest BCUT2D eigenvalue weighted by atomic mass is 10.2. The van der Waals surface area contributed by atoms with Gasteiger partial charge in [-0.15, -0.1) is 0 Å². The molecule has 60 valence electrons.